The first-order chi connectivity index (χ1) is 14.3. The minimum Gasteiger partial charge on any atom is -0.318 e. The predicted molar refractivity (Wildman–Crippen MR) is 127 cm³/mol. The van der Waals surface area contributed by atoms with Gasteiger partial charge in [-0.1, -0.05) is 53.2 Å². The van der Waals surface area contributed by atoms with Crippen LogP contribution in [-0.4, -0.2) is 14.8 Å². The first-order valence-corrected chi connectivity index (χ1v) is 10.9. The van der Waals surface area contributed by atoms with E-state index in [1.807, 2.05) is 36.6 Å². The lowest BCUT2D eigenvalue weighted by atomic mass is 10.2. The molecule has 1 amide bonds. The van der Waals surface area contributed by atoms with Gasteiger partial charge in [0, 0.05) is 17.1 Å². The van der Waals surface area contributed by atoms with E-state index >= 15 is 0 Å². The fourth-order valence-corrected chi connectivity index (χ4v) is 4.98. The summed E-state index contributed by atoms with van der Waals surface area (Å²) in [6, 6.07) is 13.3. The van der Waals surface area contributed by atoms with Gasteiger partial charge in [-0.05, 0) is 68.0 Å². The van der Waals surface area contributed by atoms with Gasteiger partial charge in [0.05, 0.1) is 20.6 Å². The Labute approximate surface area is 193 Å². The van der Waals surface area contributed by atoms with Crippen LogP contribution >= 0.6 is 47.2 Å². The molecule has 0 N–H and O–H groups in total. The minimum atomic E-state index is -0.421. The van der Waals surface area contributed by atoms with Gasteiger partial charge in [0.2, 0.25) is 0 Å². The van der Waals surface area contributed by atoms with E-state index in [0.717, 1.165) is 22.6 Å². The molecule has 4 rings (SSSR count). The second kappa shape index (κ2) is 8.19. The number of aryl methyl sites for hydroxylation is 1. The number of carbonyl (C=O) groups excluding carboxylic acids is 1. The summed E-state index contributed by atoms with van der Waals surface area (Å²) in [6.07, 6.45) is 1.81. The maximum Gasteiger partial charge on any atom is 0.270 e. The van der Waals surface area contributed by atoms with Crippen LogP contribution in [0.25, 0.3) is 11.8 Å². The number of aromatic nitrogens is 1. The Kier molecular flexibility index (Phi) is 5.77. The van der Waals surface area contributed by atoms with E-state index in [0.29, 0.717) is 25.0 Å². The average molecular weight is 477 g/mol. The molecule has 0 unspecified atom stereocenters. The maximum atomic E-state index is 13.6. The second-order valence-corrected chi connectivity index (χ2v) is 9.25. The summed E-state index contributed by atoms with van der Waals surface area (Å²) in [4.78, 5) is 14.8. The topological polar surface area (TPSA) is 25.2 Å². The van der Waals surface area contributed by atoms with Crippen molar-refractivity contribution in [2.75, 3.05) is 4.90 Å². The quantitative estimate of drug-likeness (QED) is 0.302. The lowest BCUT2D eigenvalue weighted by molar-refractivity contribution is -0.113. The third-order valence-corrected chi connectivity index (χ3v) is 6.82. The minimum absolute atomic E-state index is 0.269. The predicted octanol–water partition coefficient (Wildman–Crippen LogP) is 6.95. The number of rotatable bonds is 3. The fraction of sp³-hybridized carbons (Fsp3) is 0.0909. The number of carbonyl (C=O) groups is 1. The molecule has 1 aliphatic heterocycles. The van der Waals surface area contributed by atoms with E-state index < -0.39 is 5.82 Å². The first kappa shape index (κ1) is 21.1. The van der Waals surface area contributed by atoms with Crippen LogP contribution in [0.5, 0.6) is 0 Å². The molecule has 1 aliphatic rings. The Hall–Kier alpha value is -2.12. The highest BCUT2D eigenvalue weighted by molar-refractivity contribution is 8.27. The van der Waals surface area contributed by atoms with Crippen molar-refractivity contribution < 1.29 is 9.18 Å². The maximum absolute atomic E-state index is 13.6. The third kappa shape index (κ3) is 3.81. The third-order valence-electron chi connectivity index (χ3n) is 4.78. The summed E-state index contributed by atoms with van der Waals surface area (Å²) in [7, 11) is 0. The average Bonchev–Trinajstić information content (AvgIpc) is 3.12. The van der Waals surface area contributed by atoms with Gasteiger partial charge < -0.3 is 4.57 Å². The summed E-state index contributed by atoms with van der Waals surface area (Å²) in [5.41, 5.74) is 4.12. The number of halogens is 3. The lowest BCUT2D eigenvalue weighted by Crippen LogP contribution is -2.27. The number of hydrogen-bond donors (Lipinski definition) is 0. The molecular formula is C22H15Cl2FN2OS2. The van der Waals surface area contributed by atoms with E-state index in [1.54, 1.807) is 24.3 Å². The lowest BCUT2D eigenvalue weighted by Gasteiger charge is -2.14. The van der Waals surface area contributed by atoms with Gasteiger partial charge in [-0.25, -0.2) is 4.39 Å². The molecule has 1 aromatic heterocycles. The van der Waals surface area contributed by atoms with E-state index in [1.165, 1.54) is 28.8 Å². The number of benzene rings is 2. The number of thiocarbonyl (C=S) groups is 1. The zero-order valence-corrected chi connectivity index (χ0v) is 19.1. The van der Waals surface area contributed by atoms with Gasteiger partial charge in [-0.2, -0.15) is 0 Å². The largest absolute Gasteiger partial charge is 0.318 e. The van der Waals surface area contributed by atoms with Gasteiger partial charge in [0.25, 0.3) is 5.91 Å². The summed E-state index contributed by atoms with van der Waals surface area (Å²) < 4.78 is 16.0. The number of nitrogens with zero attached hydrogens (tertiary/aromatic N) is 2. The molecule has 0 atom stereocenters. The van der Waals surface area contributed by atoms with E-state index in [-0.39, 0.29) is 5.91 Å². The van der Waals surface area contributed by atoms with Crippen molar-refractivity contribution in [3.63, 3.8) is 0 Å². The molecule has 0 saturated carbocycles. The standard InChI is InChI=1S/C22H15Cl2FN2OS2/c1-12-8-14(13(2)26(12)17-6-7-18(23)19(24)11-17)9-20-21(28)27(22(29)30-20)16-5-3-4-15(25)10-16/h3-11H,1-2H3/b20-9+. The molecule has 2 aromatic carbocycles. The highest BCUT2D eigenvalue weighted by atomic mass is 35.5. The Morgan fingerprint density at radius 3 is 2.50 bits per heavy atom. The first-order valence-electron chi connectivity index (χ1n) is 8.94. The zero-order chi connectivity index (χ0) is 21.6. The molecule has 30 heavy (non-hydrogen) atoms. The second-order valence-electron chi connectivity index (χ2n) is 6.76. The van der Waals surface area contributed by atoms with Crippen molar-refractivity contribution in [3.05, 3.63) is 86.2 Å². The van der Waals surface area contributed by atoms with Gasteiger partial charge in [-0.3, -0.25) is 9.69 Å². The van der Waals surface area contributed by atoms with E-state index in [4.69, 9.17) is 35.4 Å². The molecule has 0 bridgehead atoms. The summed E-state index contributed by atoms with van der Waals surface area (Å²) in [5.74, 6) is -0.689. The molecule has 152 valence electrons. The molecule has 0 radical (unpaired) electrons. The molecule has 0 aliphatic carbocycles. The number of hydrogen-bond acceptors (Lipinski definition) is 3. The van der Waals surface area contributed by atoms with E-state index in [9.17, 15) is 9.18 Å². The van der Waals surface area contributed by atoms with Crippen molar-refractivity contribution in [2.24, 2.45) is 0 Å². The Bertz CT molecular complexity index is 1240. The van der Waals surface area contributed by atoms with Crippen molar-refractivity contribution in [2.45, 2.75) is 13.8 Å². The molecule has 2 heterocycles. The molecule has 1 fully saturated rings. The smallest absolute Gasteiger partial charge is 0.270 e. The normalized spacial score (nSPS) is 15.5. The van der Waals surface area contributed by atoms with Crippen molar-refractivity contribution >= 4 is 69.2 Å². The Morgan fingerprint density at radius 2 is 1.80 bits per heavy atom. The molecule has 8 heteroatoms. The van der Waals surface area contributed by atoms with Crippen molar-refractivity contribution in [3.8, 4) is 5.69 Å². The van der Waals surface area contributed by atoms with Crippen LogP contribution in [0, 0.1) is 19.7 Å². The highest BCUT2D eigenvalue weighted by Crippen LogP contribution is 2.37. The Balaban J connectivity index is 1.71. The van der Waals surface area contributed by atoms with Crippen molar-refractivity contribution in [1.82, 2.24) is 4.57 Å². The van der Waals surface area contributed by atoms with Crippen LogP contribution in [0.1, 0.15) is 17.0 Å². The highest BCUT2D eigenvalue weighted by Gasteiger charge is 2.33. The molecule has 3 aromatic rings. The SMILES string of the molecule is Cc1cc(/C=C2/SC(=S)N(c3cccc(F)c3)C2=O)c(C)n1-c1ccc(Cl)c(Cl)c1. The van der Waals surface area contributed by atoms with Crippen LogP contribution in [0.15, 0.2) is 53.4 Å². The molecule has 1 saturated heterocycles. The van der Waals surface area contributed by atoms with Crippen LogP contribution < -0.4 is 4.90 Å². The summed E-state index contributed by atoms with van der Waals surface area (Å²) >= 11 is 18.8. The van der Waals surface area contributed by atoms with E-state index in [2.05, 4.69) is 0 Å². The molecule has 0 spiro atoms. The monoisotopic (exact) mass is 476 g/mol. The number of thioether (sulfide) groups is 1. The van der Waals surface area contributed by atoms with Crippen LogP contribution in [0.3, 0.4) is 0 Å². The fourth-order valence-electron chi connectivity index (χ4n) is 3.40. The summed E-state index contributed by atoms with van der Waals surface area (Å²) in [6.45, 7) is 3.94. The number of anilines is 1. The number of amides is 1. The Morgan fingerprint density at radius 1 is 1.03 bits per heavy atom. The van der Waals surface area contributed by atoms with Crippen LogP contribution in [-0.2, 0) is 4.79 Å². The van der Waals surface area contributed by atoms with Gasteiger partial charge in [-0.15, -0.1) is 0 Å². The van der Waals surface area contributed by atoms with Crippen molar-refractivity contribution in [1.29, 1.82) is 0 Å². The van der Waals surface area contributed by atoms with Gasteiger partial charge >= 0.3 is 0 Å². The summed E-state index contributed by atoms with van der Waals surface area (Å²) in [5, 5.41) is 0.961. The zero-order valence-electron chi connectivity index (χ0n) is 15.9. The van der Waals surface area contributed by atoms with Gasteiger partial charge in [0.1, 0.15) is 5.82 Å². The molecule has 3 nitrogen and oxygen atoms in total. The van der Waals surface area contributed by atoms with Gasteiger partial charge in [0.15, 0.2) is 4.32 Å². The van der Waals surface area contributed by atoms with Crippen LogP contribution in [0.2, 0.25) is 10.0 Å². The van der Waals surface area contributed by atoms with Crippen LogP contribution in [0.4, 0.5) is 10.1 Å². The molecular weight excluding hydrogens is 462 g/mol.